The number of nitrogens with zero attached hydrogens (tertiary/aromatic N) is 1. The number of unbranched alkanes of at least 4 members (excludes halogenated alkanes) is 46. The number of phosphoric ester groups is 1. The van der Waals surface area contributed by atoms with Gasteiger partial charge in [0, 0.05) is 12.8 Å². The molecule has 0 fully saturated rings. The molecule has 1 N–H and O–H groups in total. The lowest BCUT2D eigenvalue weighted by Crippen LogP contribution is -2.47. The molecule has 0 saturated carbocycles. The van der Waals surface area contributed by atoms with Crippen LogP contribution in [-0.4, -0.2) is 69.4 Å². The minimum Gasteiger partial charge on any atom is -0.756 e. The van der Waals surface area contributed by atoms with E-state index in [2.05, 4.69) is 62.5 Å². The van der Waals surface area contributed by atoms with E-state index >= 15 is 0 Å². The summed E-state index contributed by atoms with van der Waals surface area (Å²) >= 11 is 0. The molecule has 85 heavy (non-hydrogen) atoms. The molecule has 0 aliphatic carbocycles. The van der Waals surface area contributed by atoms with E-state index in [1.54, 1.807) is 0 Å². The Morgan fingerprint density at radius 3 is 1.09 bits per heavy atom. The number of rotatable bonds is 68. The van der Waals surface area contributed by atoms with Gasteiger partial charge in [-0.25, -0.2) is 0 Å². The number of esters is 1. The van der Waals surface area contributed by atoms with Crippen molar-refractivity contribution in [2.24, 2.45) is 0 Å². The molecular formula is C75H143N2O7P. The third-order valence-electron chi connectivity index (χ3n) is 16.7. The summed E-state index contributed by atoms with van der Waals surface area (Å²) < 4.78 is 30.5. The second kappa shape index (κ2) is 64.9. The van der Waals surface area contributed by atoms with Crippen LogP contribution in [0, 0.1) is 0 Å². The van der Waals surface area contributed by atoms with Crippen molar-refractivity contribution in [3.8, 4) is 0 Å². The highest BCUT2D eigenvalue weighted by Gasteiger charge is 2.27. The standard InChI is InChI=1S/C75H143N2O7P/c1-7-10-13-16-19-22-25-28-30-32-34-35-36-37-38-39-40-41-43-45-47-50-53-56-59-62-65-68-75(79)84-73(66-63-60-57-54-51-48-27-24-21-18-15-12-9-3)72(71-83-85(80,81)82-70-69-77(4,5)6)76-74(78)67-64-61-58-55-52-49-46-44-42-33-31-29-26-23-20-17-14-11-8-2/h20,23,28-31,63,66,72-73H,7-19,21-22,24-27,32-62,64-65,67-71H2,1-6H3,(H-,76,78,80,81)/b23-20-,30-28+,31-29-,66-63-. The Hall–Kier alpha value is -2.03. The van der Waals surface area contributed by atoms with Crippen LogP contribution in [0.3, 0.4) is 0 Å². The number of hydrogen-bond acceptors (Lipinski definition) is 7. The Morgan fingerprint density at radius 1 is 0.412 bits per heavy atom. The molecule has 0 saturated heterocycles. The molecule has 500 valence electrons. The molecule has 0 bridgehead atoms. The summed E-state index contributed by atoms with van der Waals surface area (Å²) in [6.45, 7) is 6.87. The number of likely N-dealkylation sites (N-methyl/N-ethyl adjacent to an activating group) is 1. The zero-order chi connectivity index (χ0) is 62.1. The zero-order valence-corrected chi connectivity index (χ0v) is 58.2. The van der Waals surface area contributed by atoms with Crippen molar-refractivity contribution in [1.82, 2.24) is 5.32 Å². The molecule has 3 atom stereocenters. The van der Waals surface area contributed by atoms with Crippen molar-refractivity contribution in [1.29, 1.82) is 0 Å². The van der Waals surface area contributed by atoms with E-state index in [1.807, 2.05) is 33.3 Å². The molecule has 0 aromatic heterocycles. The summed E-state index contributed by atoms with van der Waals surface area (Å²) in [6.07, 6.45) is 82.4. The molecule has 0 radical (unpaired) electrons. The maximum Gasteiger partial charge on any atom is 0.306 e. The first-order valence-electron chi connectivity index (χ1n) is 36.9. The van der Waals surface area contributed by atoms with Crippen molar-refractivity contribution >= 4 is 19.7 Å². The molecule has 0 aromatic rings. The van der Waals surface area contributed by atoms with Gasteiger partial charge >= 0.3 is 5.97 Å². The molecule has 0 aliphatic rings. The minimum absolute atomic E-state index is 0.0216. The number of nitrogens with one attached hydrogen (secondary N) is 1. The zero-order valence-electron chi connectivity index (χ0n) is 57.3. The number of allylic oxidation sites excluding steroid dienone is 7. The topological polar surface area (TPSA) is 114 Å². The molecule has 0 aliphatic heterocycles. The van der Waals surface area contributed by atoms with Gasteiger partial charge < -0.3 is 28.5 Å². The summed E-state index contributed by atoms with van der Waals surface area (Å²) in [5, 5.41) is 3.05. The predicted octanol–water partition coefficient (Wildman–Crippen LogP) is 22.9. The highest BCUT2D eigenvalue weighted by molar-refractivity contribution is 7.45. The SMILES string of the molecule is CCCCC/C=C\C/C=C\CCCCCCCCCCCC(=O)NC(COP(=O)([O-])OCC[N+](C)(C)C)C(/C=C\CCCCCCCCCCCCC)OC(=O)CCCCCCCCCCCCCCCCCCC/C=C/CCCCCCCC. The average Bonchev–Trinajstić information content (AvgIpc) is 3.50. The summed E-state index contributed by atoms with van der Waals surface area (Å²) in [7, 11) is 1.20. The van der Waals surface area contributed by atoms with E-state index in [4.69, 9.17) is 13.8 Å². The fourth-order valence-corrected chi connectivity index (χ4v) is 11.7. The molecular weight excluding hydrogens is 1070 g/mol. The maximum atomic E-state index is 13.6. The average molecular weight is 1220 g/mol. The van der Waals surface area contributed by atoms with Gasteiger partial charge in [-0.15, -0.1) is 0 Å². The highest BCUT2D eigenvalue weighted by atomic mass is 31.2. The number of quaternary nitrogens is 1. The first-order chi connectivity index (χ1) is 41.4. The quantitative estimate of drug-likeness (QED) is 0.0212. The number of phosphoric acid groups is 1. The van der Waals surface area contributed by atoms with Crippen LogP contribution in [0.15, 0.2) is 48.6 Å². The number of amides is 1. The van der Waals surface area contributed by atoms with Crippen molar-refractivity contribution in [2.75, 3.05) is 40.9 Å². The third-order valence-corrected chi connectivity index (χ3v) is 17.7. The maximum absolute atomic E-state index is 13.6. The highest BCUT2D eigenvalue weighted by Crippen LogP contribution is 2.38. The lowest BCUT2D eigenvalue weighted by Gasteiger charge is -2.30. The van der Waals surface area contributed by atoms with Gasteiger partial charge in [0.05, 0.1) is 33.8 Å². The number of hydrogen-bond donors (Lipinski definition) is 1. The van der Waals surface area contributed by atoms with Gasteiger partial charge in [-0.05, 0) is 89.5 Å². The number of carbonyl (C=O) groups excluding carboxylic acids is 2. The fraction of sp³-hybridized carbons (Fsp3) is 0.867. The van der Waals surface area contributed by atoms with Crippen LogP contribution in [-0.2, 0) is 27.9 Å². The molecule has 3 unspecified atom stereocenters. The van der Waals surface area contributed by atoms with Crippen molar-refractivity contribution < 1.29 is 37.3 Å². The van der Waals surface area contributed by atoms with Crippen molar-refractivity contribution in [2.45, 2.75) is 380 Å². The van der Waals surface area contributed by atoms with Crippen LogP contribution >= 0.6 is 7.82 Å². The second-order valence-electron chi connectivity index (χ2n) is 26.4. The number of carbonyl (C=O) groups is 2. The van der Waals surface area contributed by atoms with Crippen LogP contribution < -0.4 is 10.2 Å². The summed E-state index contributed by atoms with van der Waals surface area (Å²) in [5.41, 5.74) is 0. The van der Waals surface area contributed by atoms with E-state index in [0.29, 0.717) is 17.4 Å². The lowest BCUT2D eigenvalue weighted by molar-refractivity contribution is -0.870. The molecule has 0 heterocycles. The van der Waals surface area contributed by atoms with Gasteiger partial charge in [-0.3, -0.25) is 14.2 Å². The van der Waals surface area contributed by atoms with E-state index in [1.165, 1.54) is 257 Å². The van der Waals surface area contributed by atoms with Crippen LogP contribution in [0.1, 0.15) is 367 Å². The first-order valence-corrected chi connectivity index (χ1v) is 38.4. The number of ether oxygens (including phenoxy) is 1. The molecule has 10 heteroatoms. The normalized spacial score (nSPS) is 13.7. The van der Waals surface area contributed by atoms with Gasteiger partial charge in [0.2, 0.25) is 5.91 Å². The van der Waals surface area contributed by atoms with Gasteiger partial charge in [-0.1, -0.05) is 314 Å². The van der Waals surface area contributed by atoms with Crippen LogP contribution in [0.2, 0.25) is 0 Å². The Kier molecular flexibility index (Phi) is 63.4. The molecule has 9 nitrogen and oxygen atoms in total. The summed E-state index contributed by atoms with van der Waals surface area (Å²) in [5.74, 6) is -0.528. The Balaban J connectivity index is 5.01. The van der Waals surface area contributed by atoms with Gasteiger partial charge in [0.25, 0.3) is 7.82 Å². The van der Waals surface area contributed by atoms with Gasteiger partial charge in [0.1, 0.15) is 19.3 Å². The summed E-state index contributed by atoms with van der Waals surface area (Å²) in [4.78, 5) is 40.2. The van der Waals surface area contributed by atoms with Gasteiger partial charge in [-0.2, -0.15) is 0 Å². The lowest BCUT2D eigenvalue weighted by atomic mass is 10.0. The van der Waals surface area contributed by atoms with Gasteiger partial charge in [0.15, 0.2) is 0 Å². The Bertz CT molecular complexity index is 1590. The van der Waals surface area contributed by atoms with Crippen LogP contribution in [0.4, 0.5) is 0 Å². The smallest absolute Gasteiger partial charge is 0.306 e. The van der Waals surface area contributed by atoms with E-state index in [0.717, 1.165) is 77.0 Å². The largest absolute Gasteiger partial charge is 0.756 e. The van der Waals surface area contributed by atoms with Crippen LogP contribution in [0.25, 0.3) is 0 Å². The first kappa shape index (κ1) is 83.0. The van der Waals surface area contributed by atoms with Crippen molar-refractivity contribution in [3.05, 3.63) is 48.6 Å². The molecule has 0 aromatic carbocycles. The second-order valence-corrected chi connectivity index (χ2v) is 27.9. The van der Waals surface area contributed by atoms with E-state index < -0.39 is 20.0 Å². The van der Waals surface area contributed by atoms with E-state index in [-0.39, 0.29) is 31.5 Å². The van der Waals surface area contributed by atoms with Crippen LogP contribution in [0.5, 0.6) is 0 Å². The van der Waals surface area contributed by atoms with Crippen molar-refractivity contribution in [3.63, 3.8) is 0 Å². The fourth-order valence-electron chi connectivity index (χ4n) is 11.0. The summed E-state index contributed by atoms with van der Waals surface area (Å²) in [6, 6.07) is -0.890. The molecule has 0 rings (SSSR count). The predicted molar refractivity (Wildman–Crippen MR) is 367 cm³/mol. The minimum atomic E-state index is -4.71. The van der Waals surface area contributed by atoms with E-state index in [9.17, 15) is 19.0 Å². The third kappa shape index (κ3) is 66.2. The monoisotopic (exact) mass is 1220 g/mol. The molecule has 0 spiro atoms. The molecule has 1 amide bonds. The Labute approximate surface area is 529 Å². The Morgan fingerprint density at radius 2 is 0.718 bits per heavy atom.